The maximum absolute atomic E-state index is 13.9. The number of H-pyrrole nitrogens is 1. The van der Waals surface area contributed by atoms with Crippen molar-refractivity contribution in [2.24, 2.45) is 0 Å². The smallest absolute Gasteiger partial charge is 0.356 e. The number of halogens is 2. The number of nitrogens with zero attached hydrogens (tertiary/aromatic N) is 2. The minimum Gasteiger partial charge on any atom is -0.476 e. The van der Waals surface area contributed by atoms with Crippen LogP contribution in [0.15, 0.2) is 29.2 Å². The van der Waals surface area contributed by atoms with Crippen LogP contribution in [0.2, 0.25) is 0 Å². The molecule has 0 aliphatic rings. The Balaban J connectivity index is 2.33. The maximum atomic E-state index is 13.9. The van der Waals surface area contributed by atoms with Crippen LogP contribution in [0.25, 0.3) is 16.8 Å². The first kappa shape index (κ1) is 16.8. The molecule has 0 aliphatic heterocycles. The van der Waals surface area contributed by atoms with E-state index in [1.54, 1.807) is 6.07 Å². The second-order valence-electron chi connectivity index (χ2n) is 6.01. The number of fused-ring (bicyclic) bond motifs is 1. The lowest BCUT2D eigenvalue weighted by atomic mass is 10.0. The fraction of sp³-hybridized carbons (Fsp3) is 0.235. The molecule has 0 fully saturated rings. The molecule has 8 heteroatoms. The first-order chi connectivity index (χ1) is 11.6. The van der Waals surface area contributed by atoms with Gasteiger partial charge < -0.3 is 10.1 Å². The Labute approximate surface area is 140 Å². The maximum Gasteiger partial charge on any atom is 0.356 e. The Morgan fingerprint density at radius 3 is 2.52 bits per heavy atom. The highest BCUT2D eigenvalue weighted by molar-refractivity contribution is 5.90. The Hall–Kier alpha value is -3.03. The Kier molecular flexibility index (Phi) is 3.70. The number of carboxylic acid groups (broad SMARTS) is 1. The Morgan fingerprint density at radius 1 is 1.28 bits per heavy atom. The summed E-state index contributed by atoms with van der Waals surface area (Å²) < 4.78 is 28.6. The van der Waals surface area contributed by atoms with Crippen LogP contribution < -0.4 is 5.56 Å². The minimum atomic E-state index is -3.52. The van der Waals surface area contributed by atoms with Crippen LogP contribution in [-0.4, -0.2) is 25.7 Å². The molecule has 1 aromatic carbocycles. The summed E-state index contributed by atoms with van der Waals surface area (Å²) in [6.07, 6.45) is 1.34. The van der Waals surface area contributed by atoms with E-state index in [2.05, 4.69) is 10.1 Å². The second-order valence-corrected chi connectivity index (χ2v) is 6.01. The average molecular weight is 347 g/mol. The van der Waals surface area contributed by atoms with Crippen molar-refractivity contribution in [1.82, 2.24) is 14.6 Å². The molecule has 0 bridgehead atoms. The number of aromatic nitrogens is 3. The lowest BCUT2D eigenvalue weighted by Gasteiger charge is -2.10. The van der Waals surface area contributed by atoms with Crippen LogP contribution in [-0.2, 0) is 5.92 Å². The van der Waals surface area contributed by atoms with Gasteiger partial charge in [-0.25, -0.2) is 18.1 Å². The molecular weight excluding hydrogens is 332 g/mol. The number of carbonyl (C=O) groups is 1. The van der Waals surface area contributed by atoms with Crippen molar-refractivity contribution in [3.05, 3.63) is 57.1 Å². The van der Waals surface area contributed by atoms with Gasteiger partial charge in [0.15, 0.2) is 5.69 Å². The summed E-state index contributed by atoms with van der Waals surface area (Å²) in [5.41, 5.74) is 0.0383. The predicted octanol–water partition coefficient (Wildman–Crippen LogP) is 3.12. The SMILES string of the molecule is Cc1ccc(-c2cn3nc(C(=O)O)c(C(C)(F)F)c3c(=O)[nH]2)cc1C. The van der Waals surface area contributed by atoms with Gasteiger partial charge >= 0.3 is 5.97 Å². The van der Waals surface area contributed by atoms with Crippen molar-refractivity contribution in [3.63, 3.8) is 0 Å². The molecule has 0 aliphatic carbocycles. The third-order valence-corrected chi connectivity index (χ3v) is 4.08. The molecule has 0 atom stereocenters. The van der Waals surface area contributed by atoms with E-state index in [-0.39, 0.29) is 0 Å². The molecule has 3 rings (SSSR count). The topological polar surface area (TPSA) is 87.5 Å². The standard InChI is InChI=1S/C17H15F2N3O3/c1-8-4-5-10(6-9(8)2)11-7-22-14(15(23)20-11)12(17(3,18)19)13(21-22)16(24)25/h4-7H,1-3H3,(H,20,23)(H,24,25). The van der Waals surface area contributed by atoms with Gasteiger partial charge in [-0.15, -0.1) is 0 Å². The van der Waals surface area contributed by atoms with Crippen molar-refractivity contribution < 1.29 is 18.7 Å². The van der Waals surface area contributed by atoms with Crippen molar-refractivity contribution in [2.45, 2.75) is 26.7 Å². The molecule has 130 valence electrons. The van der Waals surface area contributed by atoms with Crippen LogP contribution in [0, 0.1) is 13.8 Å². The average Bonchev–Trinajstić information content (AvgIpc) is 2.90. The molecule has 0 saturated heterocycles. The molecule has 6 nitrogen and oxygen atoms in total. The molecule has 25 heavy (non-hydrogen) atoms. The number of hydrogen-bond donors (Lipinski definition) is 2. The van der Waals surface area contributed by atoms with Crippen LogP contribution in [0.5, 0.6) is 0 Å². The molecule has 2 N–H and O–H groups in total. The molecule has 0 amide bonds. The van der Waals surface area contributed by atoms with Crippen molar-refractivity contribution in [3.8, 4) is 11.3 Å². The van der Waals surface area contributed by atoms with Gasteiger partial charge in [0.1, 0.15) is 5.52 Å². The Morgan fingerprint density at radius 2 is 1.96 bits per heavy atom. The summed E-state index contributed by atoms with van der Waals surface area (Å²) in [7, 11) is 0. The van der Waals surface area contributed by atoms with E-state index in [0.29, 0.717) is 18.2 Å². The van der Waals surface area contributed by atoms with Gasteiger partial charge in [-0.1, -0.05) is 12.1 Å². The van der Waals surface area contributed by atoms with Crippen molar-refractivity contribution in [1.29, 1.82) is 0 Å². The normalized spacial score (nSPS) is 11.9. The van der Waals surface area contributed by atoms with Gasteiger partial charge in [-0.2, -0.15) is 5.10 Å². The molecule has 3 aromatic rings. The fourth-order valence-corrected chi connectivity index (χ4v) is 2.70. The molecule has 2 heterocycles. The van der Waals surface area contributed by atoms with Crippen LogP contribution in [0.4, 0.5) is 8.78 Å². The first-order valence-electron chi connectivity index (χ1n) is 7.44. The number of alkyl halides is 2. The lowest BCUT2D eigenvalue weighted by molar-refractivity contribution is 0.0168. The number of aryl methyl sites for hydroxylation is 2. The second kappa shape index (κ2) is 5.51. The van der Waals surface area contributed by atoms with Crippen LogP contribution in [0.3, 0.4) is 0 Å². The zero-order valence-corrected chi connectivity index (χ0v) is 13.7. The number of aromatic carboxylic acids is 1. The molecule has 0 unspecified atom stereocenters. The largest absolute Gasteiger partial charge is 0.476 e. The highest BCUT2D eigenvalue weighted by Crippen LogP contribution is 2.32. The third-order valence-electron chi connectivity index (χ3n) is 4.08. The van der Waals surface area contributed by atoms with Gasteiger partial charge in [-0.05, 0) is 36.6 Å². The van der Waals surface area contributed by atoms with Gasteiger partial charge in [-0.3, -0.25) is 4.79 Å². The highest BCUT2D eigenvalue weighted by atomic mass is 19.3. The van der Waals surface area contributed by atoms with Crippen LogP contribution >= 0.6 is 0 Å². The molecule has 0 radical (unpaired) electrons. The first-order valence-corrected chi connectivity index (χ1v) is 7.44. The van der Waals surface area contributed by atoms with E-state index < -0.39 is 34.2 Å². The Bertz CT molecular complexity index is 1060. The summed E-state index contributed by atoms with van der Waals surface area (Å²) >= 11 is 0. The number of nitrogens with one attached hydrogen (secondary N) is 1. The number of hydrogen-bond acceptors (Lipinski definition) is 3. The monoisotopic (exact) mass is 347 g/mol. The predicted molar refractivity (Wildman–Crippen MR) is 87.3 cm³/mol. The molecule has 2 aromatic heterocycles. The van der Waals surface area contributed by atoms with Crippen LogP contribution in [0.1, 0.15) is 34.1 Å². The zero-order chi connectivity index (χ0) is 18.5. The fourth-order valence-electron chi connectivity index (χ4n) is 2.70. The van der Waals surface area contributed by atoms with Crippen molar-refractivity contribution in [2.75, 3.05) is 0 Å². The summed E-state index contributed by atoms with van der Waals surface area (Å²) in [4.78, 5) is 26.2. The number of rotatable bonds is 3. The third kappa shape index (κ3) is 2.79. The van der Waals surface area contributed by atoms with Gasteiger partial charge in [0.05, 0.1) is 17.5 Å². The quantitative estimate of drug-likeness (QED) is 0.762. The van der Waals surface area contributed by atoms with E-state index in [1.807, 2.05) is 26.0 Å². The summed E-state index contributed by atoms with van der Waals surface area (Å²) in [6.45, 7) is 4.38. The van der Waals surface area contributed by atoms with E-state index >= 15 is 0 Å². The van der Waals surface area contributed by atoms with Gasteiger partial charge in [0.25, 0.3) is 11.5 Å². The summed E-state index contributed by atoms with van der Waals surface area (Å²) in [5, 5.41) is 12.8. The zero-order valence-electron chi connectivity index (χ0n) is 13.7. The summed E-state index contributed by atoms with van der Waals surface area (Å²) in [6, 6.07) is 5.48. The van der Waals surface area contributed by atoms with E-state index in [0.717, 1.165) is 15.6 Å². The van der Waals surface area contributed by atoms with Gasteiger partial charge in [0, 0.05) is 6.92 Å². The molecule has 0 spiro atoms. The van der Waals surface area contributed by atoms with E-state index in [1.165, 1.54) is 6.20 Å². The van der Waals surface area contributed by atoms with E-state index in [4.69, 9.17) is 5.11 Å². The van der Waals surface area contributed by atoms with Gasteiger partial charge in [0.2, 0.25) is 0 Å². The molecular formula is C17H15F2N3O3. The lowest BCUT2D eigenvalue weighted by Crippen LogP contribution is -2.18. The summed E-state index contributed by atoms with van der Waals surface area (Å²) in [5.74, 6) is -5.14. The number of aromatic amines is 1. The number of benzene rings is 1. The minimum absolute atomic E-state index is 0.353. The van der Waals surface area contributed by atoms with Crippen molar-refractivity contribution >= 4 is 11.5 Å². The van der Waals surface area contributed by atoms with E-state index in [9.17, 15) is 18.4 Å². The highest BCUT2D eigenvalue weighted by Gasteiger charge is 2.37. The number of carboxylic acids is 1. The molecule has 0 saturated carbocycles.